The normalized spacial score (nSPS) is 21.4. The third kappa shape index (κ3) is 3.26. The smallest absolute Gasteiger partial charge is 0.330 e. The minimum absolute atomic E-state index is 0.121. The van der Waals surface area contributed by atoms with Crippen molar-refractivity contribution in [1.82, 2.24) is 10.2 Å². The Hall–Kier alpha value is -3.22. The van der Waals surface area contributed by atoms with Crippen LogP contribution in [0, 0.1) is 18.2 Å². The molecule has 1 N–H and O–H groups in total. The molecule has 2 aliphatic rings. The molecular formula is C22H22FN3O3. The molecule has 150 valence electrons. The third-order valence-corrected chi connectivity index (χ3v) is 5.74. The molecule has 2 heterocycles. The number of carbonyl (C=O) groups excluding carboxylic acids is 3. The van der Waals surface area contributed by atoms with Gasteiger partial charge < -0.3 is 4.90 Å². The average Bonchev–Trinajstić information content (AvgIpc) is 2.67. The summed E-state index contributed by atoms with van der Waals surface area (Å²) in [6.07, 6.45) is 0.634. The molecule has 0 aromatic heterocycles. The molecule has 4 rings (SSSR count). The number of urea groups is 1. The van der Waals surface area contributed by atoms with Gasteiger partial charge in [-0.2, -0.15) is 0 Å². The second-order valence-corrected chi connectivity index (χ2v) is 7.84. The first kappa shape index (κ1) is 19.1. The maximum atomic E-state index is 13.4. The number of halogens is 1. The van der Waals surface area contributed by atoms with Crippen LogP contribution in [0.1, 0.15) is 16.7 Å². The van der Waals surface area contributed by atoms with Crippen LogP contribution >= 0.6 is 0 Å². The molecule has 1 spiro atoms. The summed E-state index contributed by atoms with van der Waals surface area (Å²) < 4.78 is 13.1. The van der Waals surface area contributed by atoms with Crippen LogP contribution in [0.3, 0.4) is 0 Å². The molecule has 6 nitrogen and oxygen atoms in total. The van der Waals surface area contributed by atoms with Crippen LogP contribution in [0.15, 0.2) is 42.5 Å². The zero-order chi connectivity index (χ0) is 20.8. The Bertz CT molecular complexity index is 1000. The summed E-state index contributed by atoms with van der Waals surface area (Å²) in [6.45, 7) is 2.28. The maximum Gasteiger partial charge on any atom is 0.330 e. The van der Waals surface area contributed by atoms with Gasteiger partial charge >= 0.3 is 6.03 Å². The van der Waals surface area contributed by atoms with E-state index < -0.39 is 23.3 Å². The van der Waals surface area contributed by atoms with Crippen LogP contribution in [0.2, 0.25) is 0 Å². The molecule has 2 aromatic rings. The monoisotopic (exact) mass is 395 g/mol. The number of aryl methyl sites for hydroxylation is 1. The van der Waals surface area contributed by atoms with Crippen LogP contribution in [0.4, 0.5) is 14.9 Å². The fourth-order valence-electron chi connectivity index (χ4n) is 4.22. The summed E-state index contributed by atoms with van der Waals surface area (Å²) in [5.41, 5.74) is 2.40. The highest BCUT2D eigenvalue weighted by Crippen LogP contribution is 2.39. The fraction of sp³-hybridized carbons (Fsp3) is 0.318. The largest absolute Gasteiger partial charge is 0.373 e. The fourth-order valence-corrected chi connectivity index (χ4v) is 4.22. The number of carbonyl (C=O) groups is 3. The zero-order valence-electron chi connectivity index (χ0n) is 16.4. The van der Waals surface area contributed by atoms with Crippen molar-refractivity contribution in [3.63, 3.8) is 0 Å². The summed E-state index contributed by atoms with van der Waals surface area (Å²) in [5, 5.41) is 2.37. The Morgan fingerprint density at radius 3 is 2.55 bits per heavy atom. The van der Waals surface area contributed by atoms with Gasteiger partial charge in [0.2, 0.25) is 11.8 Å². The lowest BCUT2D eigenvalue weighted by Gasteiger charge is -2.45. The number of hydrogen-bond donors (Lipinski definition) is 1. The lowest BCUT2D eigenvalue weighted by Crippen LogP contribution is -2.68. The molecule has 4 amide bonds. The highest BCUT2D eigenvalue weighted by molar-refractivity contribution is 6.20. The number of benzene rings is 2. The van der Waals surface area contributed by atoms with Crippen molar-refractivity contribution in [2.45, 2.75) is 19.8 Å². The molecule has 1 fully saturated rings. The second kappa shape index (κ2) is 6.99. The van der Waals surface area contributed by atoms with E-state index in [0.29, 0.717) is 6.42 Å². The van der Waals surface area contributed by atoms with Crippen molar-refractivity contribution in [3.05, 3.63) is 65.0 Å². The number of barbiturate groups is 1. The highest BCUT2D eigenvalue weighted by Gasteiger charge is 2.56. The van der Waals surface area contributed by atoms with Crippen molar-refractivity contribution in [2.24, 2.45) is 5.41 Å². The molecule has 29 heavy (non-hydrogen) atoms. The van der Waals surface area contributed by atoms with Crippen molar-refractivity contribution >= 4 is 23.5 Å². The standard InChI is InChI=1S/C22H22FN3O3/c1-14-3-8-18-16(11-14)12-22(13-25(18)2)19(27)24-21(29)26(20(22)28)10-9-15-4-6-17(23)7-5-15/h3-8,11H,9-10,12-13H2,1-2H3,(H,24,27,29)/t22-/m0/s1. The van der Waals surface area contributed by atoms with Gasteiger partial charge in [0.05, 0.1) is 0 Å². The molecule has 1 saturated heterocycles. The number of nitrogens with zero attached hydrogens (tertiary/aromatic N) is 2. The number of anilines is 1. The molecule has 7 heteroatoms. The summed E-state index contributed by atoms with van der Waals surface area (Å²) in [4.78, 5) is 41.6. The van der Waals surface area contributed by atoms with Crippen LogP contribution in [0.5, 0.6) is 0 Å². The number of fused-ring (bicyclic) bond motifs is 1. The highest BCUT2D eigenvalue weighted by atomic mass is 19.1. The van der Waals surface area contributed by atoms with Crippen LogP contribution < -0.4 is 10.2 Å². The Morgan fingerprint density at radius 1 is 1.10 bits per heavy atom. The Labute approximate surface area is 168 Å². The average molecular weight is 395 g/mol. The minimum Gasteiger partial charge on any atom is -0.373 e. The van der Waals surface area contributed by atoms with Gasteiger partial charge in [-0.05, 0) is 49.1 Å². The van der Waals surface area contributed by atoms with E-state index in [1.165, 1.54) is 12.1 Å². The Balaban J connectivity index is 1.62. The second-order valence-electron chi connectivity index (χ2n) is 7.84. The first-order valence-corrected chi connectivity index (χ1v) is 9.53. The van der Waals surface area contributed by atoms with Gasteiger partial charge in [0.25, 0.3) is 0 Å². The van der Waals surface area contributed by atoms with Crippen molar-refractivity contribution in [3.8, 4) is 0 Å². The molecular weight excluding hydrogens is 373 g/mol. The van der Waals surface area contributed by atoms with Gasteiger partial charge in [-0.15, -0.1) is 0 Å². The number of hydrogen-bond acceptors (Lipinski definition) is 4. The summed E-state index contributed by atoms with van der Waals surface area (Å²) in [7, 11) is 1.84. The first-order valence-electron chi connectivity index (χ1n) is 9.53. The van der Waals surface area contributed by atoms with Crippen LogP contribution in [0.25, 0.3) is 0 Å². The first-order chi connectivity index (χ1) is 13.8. The maximum absolute atomic E-state index is 13.4. The van der Waals surface area contributed by atoms with E-state index in [-0.39, 0.29) is 25.3 Å². The molecule has 2 aliphatic heterocycles. The van der Waals surface area contributed by atoms with E-state index in [2.05, 4.69) is 5.32 Å². The number of rotatable bonds is 3. The summed E-state index contributed by atoms with van der Waals surface area (Å²) in [5.74, 6) is -1.37. The number of amides is 4. The van der Waals surface area contributed by atoms with Gasteiger partial charge in [0.15, 0.2) is 0 Å². The van der Waals surface area contributed by atoms with E-state index in [0.717, 1.165) is 27.3 Å². The topological polar surface area (TPSA) is 69.7 Å². The Morgan fingerprint density at radius 2 is 1.83 bits per heavy atom. The zero-order valence-corrected chi connectivity index (χ0v) is 16.4. The van der Waals surface area contributed by atoms with E-state index in [9.17, 15) is 18.8 Å². The Kier molecular flexibility index (Phi) is 4.61. The number of imide groups is 2. The predicted molar refractivity (Wildman–Crippen MR) is 106 cm³/mol. The molecule has 2 aromatic carbocycles. The molecule has 0 unspecified atom stereocenters. The molecule has 0 bridgehead atoms. The van der Waals surface area contributed by atoms with Crippen LogP contribution in [-0.2, 0) is 22.4 Å². The van der Waals surface area contributed by atoms with Gasteiger partial charge in [-0.3, -0.25) is 19.8 Å². The minimum atomic E-state index is -1.34. The number of nitrogens with one attached hydrogen (secondary N) is 1. The molecule has 0 saturated carbocycles. The third-order valence-electron chi connectivity index (χ3n) is 5.74. The molecule has 0 radical (unpaired) electrons. The predicted octanol–water partition coefficient (Wildman–Crippen LogP) is 2.43. The van der Waals surface area contributed by atoms with E-state index in [1.807, 2.05) is 37.1 Å². The van der Waals surface area contributed by atoms with E-state index in [1.54, 1.807) is 12.1 Å². The van der Waals surface area contributed by atoms with Gasteiger partial charge in [-0.1, -0.05) is 29.8 Å². The summed E-state index contributed by atoms with van der Waals surface area (Å²) in [6, 6.07) is 11.2. The van der Waals surface area contributed by atoms with E-state index in [4.69, 9.17) is 0 Å². The van der Waals surface area contributed by atoms with Crippen molar-refractivity contribution in [2.75, 3.05) is 25.0 Å². The molecule has 0 aliphatic carbocycles. The van der Waals surface area contributed by atoms with E-state index >= 15 is 0 Å². The quantitative estimate of drug-likeness (QED) is 0.811. The SMILES string of the molecule is Cc1ccc2c(c1)C[C@]1(CN2C)C(=O)NC(=O)N(CCc2ccc(F)cc2)C1=O. The molecule has 1 atom stereocenters. The lowest BCUT2D eigenvalue weighted by molar-refractivity contribution is -0.151. The van der Waals surface area contributed by atoms with Gasteiger partial charge in [0, 0.05) is 25.8 Å². The van der Waals surface area contributed by atoms with Crippen molar-refractivity contribution < 1.29 is 18.8 Å². The van der Waals surface area contributed by atoms with Crippen LogP contribution in [-0.4, -0.2) is 42.9 Å². The summed E-state index contributed by atoms with van der Waals surface area (Å²) >= 11 is 0. The van der Waals surface area contributed by atoms with Gasteiger partial charge in [-0.25, -0.2) is 9.18 Å². The lowest BCUT2D eigenvalue weighted by atomic mass is 9.74. The van der Waals surface area contributed by atoms with Gasteiger partial charge in [0.1, 0.15) is 11.2 Å². The van der Waals surface area contributed by atoms with Crippen molar-refractivity contribution in [1.29, 1.82) is 0 Å².